The standard InChI is InChI=1S/C21H28N8O/c1-18-7-5-6-10-20(18)24-21-25(15-22)16-27(29(23)19-8-3-2-4-9-19)17-28(21)26-11-13-30-14-12-26/h2-10,21,24H,11-14,16-17,23H2,1H3. The summed E-state index contributed by atoms with van der Waals surface area (Å²) in [5, 5.41) is 21.5. The largest absolute Gasteiger partial charge is 0.379 e. The highest BCUT2D eigenvalue weighted by molar-refractivity contribution is 5.51. The Bertz CT molecular complexity index is 867. The van der Waals surface area contributed by atoms with E-state index in [4.69, 9.17) is 10.6 Å². The first-order valence-corrected chi connectivity index (χ1v) is 10.1. The van der Waals surface area contributed by atoms with Crippen LogP contribution in [0.3, 0.4) is 0 Å². The number of nitrogens with zero attached hydrogens (tertiary/aromatic N) is 6. The van der Waals surface area contributed by atoms with Gasteiger partial charge in [-0.1, -0.05) is 36.4 Å². The van der Waals surface area contributed by atoms with Crippen LogP contribution in [-0.2, 0) is 4.74 Å². The number of morpholine rings is 1. The van der Waals surface area contributed by atoms with Crippen molar-refractivity contribution in [2.75, 3.05) is 50.1 Å². The predicted molar refractivity (Wildman–Crippen MR) is 115 cm³/mol. The average molecular weight is 409 g/mol. The Morgan fingerprint density at radius 2 is 1.77 bits per heavy atom. The number of rotatable bonds is 5. The van der Waals surface area contributed by atoms with Crippen molar-refractivity contribution in [3.8, 4) is 6.19 Å². The second-order valence-corrected chi connectivity index (χ2v) is 7.38. The molecule has 2 aliphatic rings. The van der Waals surface area contributed by atoms with Crippen molar-refractivity contribution >= 4 is 11.4 Å². The van der Waals surface area contributed by atoms with Crippen LogP contribution in [0.15, 0.2) is 54.6 Å². The number of benzene rings is 2. The maximum Gasteiger partial charge on any atom is 0.183 e. The van der Waals surface area contributed by atoms with Gasteiger partial charge in [0, 0.05) is 18.8 Å². The number of para-hydroxylation sites is 2. The molecule has 0 bridgehead atoms. The summed E-state index contributed by atoms with van der Waals surface area (Å²) in [5.74, 6) is 6.43. The summed E-state index contributed by atoms with van der Waals surface area (Å²) in [6, 6.07) is 17.9. The number of nitrogens with two attached hydrogens (primary N) is 1. The van der Waals surface area contributed by atoms with Gasteiger partial charge in [-0.25, -0.2) is 16.0 Å². The Morgan fingerprint density at radius 3 is 2.47 bits per heavy atom. The van der Waals surface area contributed by atoms with E-state index in [1.54, 1.807) is 10.0 Å². The third-order valence-corrected chi connectivity index (χ3v) is 5.44. The molecule has 9 heteroatoms. The Labute approximate surface area is 177 Å². The van der Waals surface area contributed by atoms with Gasteiger partial charge in [0.25, 0.3) is 0 Å². The van der Waals surface area contributed by atoms with E-state index in [2.05, 4.69) is 34.5 Å². The number of nitriles is 1. The highest BCUT2D eigenvalue weighted by atomic mass is 16.5. The van der Waals surface area contributed by atoms with Gasteiger partial charge in [-0.2, -0.15) is 15.3 Å². The van der Waals surface area contributed by atoms with Crippen molar-refractivity contribution in [3.05, 3.63) is 60.2 Å². The molecule has 0 aromatic heterocycles. The van der Waals surface area contributed by atoms with E-state index in [1.165, 1.54) is 0 Å². The molecule has 2 saturated heterocycles. The molecule has 0 amide bonds. The number of nitrogens with one attached hydrogen (secondary N) is 1. The normalized spacial score (nSPS) is 21.2. The molecule has 0 radical (unpaired) electrons. The highest BCUT2D eigenvalue weighted by Gasteiger charge is 2.38. The number of aryl methyl sites for hydroxylation is 1. The van der Waals surface area contributed by atoms with Gasteiger partial charge in [0.15, 0.2) is 12.5 Å². The van der Waals surface area contributed by atoms with Crippen LogP contribution in [0, 0.1) is 18.4 Å². The summed E-state index contributed by atoms with van der Waals surface area (Å²) in [7, 11) is 0. The molecule has 2 aromatic rings. The summed E-state index contributed by atoms with van der Waals surface area (Å²) in [6.45, 7) is 5.80. The fourth-order valence-electron chi connectivity index (χ4n) is 3.75. The van der Waals surface area contributed by atoms with Crippen LogP contribution in [0.4, 0.5) is 11.4 Å². The average Bonchev–Trinajstić information content (AvgIpc) is 2.81. The lowest BCUT2D eigenvalue weighted by Gasteiger charge is -2.52. The fraction of sp³-hybridized carbons (Fsp3) is 0.381. The molecule has 2 heterocycles. The van der Waals surface area contributed by atoms with Gasteiger partial charge in [-0.05, 0) is 30.7 Å². The first-order valence-electron chi connectivity index (χ1n) is 10.1. The molecule has 1 unspecified atom stereocenters. The molecule has 30 heavy (non-hydrogen) atoms. The third kappa shape index (κ3) is 4.33. The number of ether oxygens (including phenoxy) is 1. The number of hydrogen-bond acceptors (Lipinski definition) is 9. The van der Waals surface area contributed by atoms with Gasteiger partial charge in [-0.3, -0.25) is 4.90 Å². The van der Waals surface area contributed by atoms with Crippen molar-refractivity contribution in [1.82, 2.24) is 19.9 Å². The molecule has 9 nitrogen and oxygen atoms in total. The van der Waals surface area contributed by atoms with E-state index in [0.717, 1.165) is 30.0 Å². The quantitative estimate of drug-likeness (QED) is 0.435. The van der Waals surface area contributed by atoms with E-state index >= 15 is 0 Å². The summed E-state index contributed by atoms with van der Waals surface area (Å²) in [5.41, 5.74) is 2.99. The molecular formula is C21H28N8O. The minimum Gasteiger partial charge on any atom is -0.379 e. The predicted octanol–water partition coefficient (Wildman–Crippen LogP) is 1.55. The Hall–Kier alpha value is -2.87. The molecule has 158 valence electrons. The van der Waals surface area contributed by atoms with Gasteiger partial charge in [0.05, 0.1) is 25.6 Å². The SMILES string of the molecule is Cc1ccccc1NC1N(C#N)CN(N(N)c2ccccc2)CN1N1CCOCC1. The van der Waals surface area contributed by atoms with Gasteiger partial charge >= 0.3 is 0 Å². The number of hydrogen-bond donors (Lipinski definition) is 2. The fourth-order valence-corrected chi connectivity index (χ4v) is 3.75. The summed E-state index contributed by atoms with van der Waals surface area (Å²) in [4.78, 5) is 1.70. The van der Waals surface area contributed by atoms with Gasteiger partial charge in [0.2, 0.25) is 0 Å². The Kier molecular flexibility index (Phi) is 6.32. The van der Waals surface area contributed by atoms with Crippen LogP contribution in [0.1, 0.15) is 5.56 Å². The maximum atomic E-state index is 9.98. The van der Waals surface area contributed by atoms with Crippen LogP contribution < -0.4 is 16.3 Å². The monoisotopic (exact) mass is 408 g/mol. The second kappa shape index (κ2) is 9.30. The maximum absolute atomic E-state index is 9.98. The zero-order valence-corrected chi connectivity index (χ0v) is 17.2. The first-order chi connectivity index (χ1) is 14.7. The van der Waals surface area contributed by atoms with Crippen molar-refractivity contribution in [2.24, 2.45) is 5.84 Å². The molecule has 0 saturated carbocycles. The van der Waals surface area contributed by atoms with E-state index in [-0.39, 0.29) is 6.29 Å². The smallest absolute Gasteiger partial charge is 0.183 e. The van der Waals surface area contributed by atoms with E-state index < -0.39 is 0 Å². The van der Waals surface area contributed by atoms with Crippen molar-refractivity contribution in [1.29, 1.82) is 5.26 Å². The lowest BCUT2D eigenvalue weighted by Crippen LogP contribution is -2.71. The molecule has 3 N–H and O–H groups in total. The van der Waals surface area contributed by atoms with Gasteiger partial charge in [-0.15, -0.1) is 0 Å². The van der Waals surface area contributed by atoms with Crippen LogP contribution in [-0.4, -0.2) is 65.9 Å². The summed E-state index contributed by atoms with van der Waals surface area (Å²) in [6.07, 6.45) is 2.02. The van der Waals surface area contributed by atoms with Gasteiger partial charge < -0.3 is 10.1 Å². The van der Waals surface area contributed by atoms with E-state index in [1.807, 2.05) is 53.5 Å². The van der Waals surface area contributed by atoms with Crippen LogP contribution in [0.25, 0.3) is 0 Å². The Balaban J connectivity index is 1.61. The van der Waals surface area contributed by atoms with Gasteiger partial charge in [0.1, 0.15) is 6.67 Å². The highest BCUT2D eigenvalue weighted by Crippen LogP contribution is 2.24. The molecule has 0 spiro atoms. The molecule has 0 aliphatic carbocycles. The van der Waals surface area contributed by atoms with Crippen molar-refractivity contribution < 1.29 is 4.74 Å². The van der Waals surface area contributed by atoms with E-state index in [0.29, 0.717) is 26.6 Å². The molecule has 2 aliphatic heterocycles. The number of anilines is 2. The van der Waals surface area contributed by atoms with Crippen LogP contribution in [0.5, 0.6) is 0 Å². The third-order valence-electron chi connectivity index (χ3n) is 5.44. The van der Waals surface area contributed by atoms with Crippen molar-refractivity contribution in [2.45, 2.75) is 13.2 Å². The van der Waals surface area contributed by atoms with Crippen molar-refractivity contribution in [3.63, 3.8) is 0 Å². The Morgan fingerprint density at radius 1 is 1.07 bits per heavy atom. The zero-order valence-electron chi connectivity index (χ0n) is 17.2. The topological polar surface area (TPSA) is 87.3 Å². The molecule has 2 fully saturated rings. The molecule has 4 rings (SSSR count). The minimum absolute atomic E-state index is 0.324. The number of hydrazine groups is 3. The lowest BCUT2D eigenvalue weighted by molar-refractivity contribution is -0.188. The zero-order chi connectivity index (χ0) is 20.9. The molecule has 1 atom stereocenters. The molecule has 2 aromatic carbocycles. The minimum atomic E-state index is -0.324. The van der Waals surface area contributed by atoms with E-state index in [9.17, 15) is 5.26 Å². The lowest BCUT2D eigenvalue weighted by atomic mass is 10.2. The summed E-state index contributed by atoms with van der Waals surface area (Å²) >= 11 is 0. The first kappa shape index (κ1) is 20.4. The second-order valence-electron chi connectivity index (χ2n) is 7.38. The van der Waals surface area contributed by atoms with Crippen LogP contribution >= 0.6 is 0 Å². The van der Waals surface area contributed by atoms with Crippen LogP contribution in [0.2, 0.25) is 0 Å². The summed E-state index contributed by atoms with van der Waals surface area (Å²) < 4.78 is 5.54. The molecular weight excluding hydrogens is 380 g/mol.